The van der Waals surface area contributed by atoms with Gasteiger partial charge in [0.25, 0.3) is 0 Å². The van der Waals surface area contributed by atoms with Crippen molar-refractivity contribution < 1.29 is 14.7 Å². The molecule has 1 fully saturated rings. The van der Waals surface area contributed by atoms with Crippen LogP contribution < -0.4 is 0 Å². The predicted molar refractivity (Wildman–Crippen MR) is 78.2 cm³/mol. The summed E-state index contributed by atoms with van der Waals surface area (Å²) in [7, 11) is 0. The van der Waals surface area contributed by atoms with E-state index in [0.717, 1.165) is 54.5 Å². The number of carboxylic acid groups (broad SMARTS) is 1. The van der Waals surface area contributed by atoms with Crippen LogP contribution in [0.1, 0.15) is 28.4 Å². The molecule has 0 radical (unpaired) electrons. The maximum absolute atomic E-state index is 12.1. The third-order valence-corrected chi connectivity index (χ3v) is 5.06. The van der Waals surface area contributed by atoms with Gasteiger partial charge in [-0.05, 0) is 12.8 Å². The smallest absolute Gasteiger partial charge is 0.317 e. The zero-order valence-electron chi connectivity index (χ0n) is 11.9. The summed E-state index contributed by atoms with van der Waals surface area (Å²) in [6.45, 7) is 3.17. The second kappa shape index (κ2) is 6.11. The molecule has 0 unspecified atom stereocenters. The van der Waals surface area contributed by atoms with E-state index >= 15 is 0 Å². The number of carbonyl (C=O) groups excluding carboxylic acids is 1. The number of rotatable bonds is 4. The lowest BCUT2D eigenvalue weighted by molar-refractivity contribution is -0.138. The lowest BCUT2D eigenvalue weighted by Gasteiger charge is -2.23. The van der Waals surface area contributed by atoms with Crippen molar-refractivity contribution in [3.63, 3.8) is 0 Å². The molecular formula is C14H19N3O3S. The van der Waals surface area contributed by atoms with Crippen molar-refractivity contribution in [1.29, 1.82) is 0 Å². The van der Waals surface area contributed by atoms with Gasteiger partial charge in [0.2, 0.25) is 5.91 Å². The summed E-state index contributed by atoms with van der Waals surface area (Å²) in [5, 5.41) is 9.72. The Bertz CT molecular complexity index is 552. The lowest BCUT2D eigenvalue weighted by atomic mass is 10.2. The van der Waals surface area contributed by atoms with Crippen LogP contribution in [0, 0.1) is 0 Å². The number of hydrogen-bond donors (Lipinski definition) is 1. The number of likely N-dealkylation sites (tertiary alicyclic amines) is 1. The molecule has 2 aliphatic heterocycles. The summed E-state index contributed by atoms with van der Waals surface area (Å²) in [6, 6.07) is 0. The molecule has 7 heteroatoms. The van der Waals surface area contributed by atoms with E-state index in [2.05, 4.69) is 4.98 Å². The highest BCUT2D eigenvalue weighted by molar-refractivity contribution is 7.11. The Morgan fingerprint density at radius 1 is 1.24 bits per heavy atom. The minimum absolute atomic E-state index is 0.0688. The van der Waals surface area contributed by atoms with Crippen molar-refractivity contribution in [2.75, 3.05) is 26.2 Å². The topological polar surface area (TPSA) is 73.7 Å². The van der Waals surface area contributed by atoms with Gasteiger partial charge in [-0.2, -0.15) is 0 Å². The maximum Gasteiger partial charge on any atom is 0.317 e. The largest absolute Gasteiger partial charge is 0.480 e. The summed E-state index contributed by atoms with van der Waals surface area (Å²) in [6.07, 6.45) is 3.36. The first-order valence-electron chi connectivity index (χ1n) is 7.31. The first-order chi connectivity index (χ1) is 10.1. The molecule has 1 saturated heterocycles. The summed E-state index contributed by atoms with van der Waals surface area (Å²) >= 11 is 1.56. The van der Waals surface area contributed by atoms with Crippen LogP contribution in [-0.4, -0.2) is 57.9 Å². The van der Waals surface area contributed by atoms with Crippen LogP contribution in [0.5, 0.6) is 0 Å². The number of aliphatic carboxylic acids is 1. The zero-order valence-corrected chi connectivity index (χ0v) is 12.7. The highest BCUT2D eigenvalue weighted by Crippen LogP contribution is 2.26. The van der Waals surface area contributed by atoms with Gasteiger partial charge in [-0.3, -0.25) is 14.5 Å². The molecule has 1 aromatic heterocycles. The molecule has 0 bridgehead atoms. The zero-order chi connectivity index (χ0) is 14.8. The molecule has 2 aliphatic rings. The Labute approximate surface area is 127 Å². The number of carbonyl (C=O) groups is 2. The van der Waals surface area contributed by atoms with Gasteiger partial charge in [-0.25, -0.2) is 4.98 Å². The van der Waals surface area contributed by atoms with Crippen LogP contribution in [0.2, 0.25) is 0 Å². The first-order valence-corrected chi connectivity index (χ1v) is 8.13. The molecule has 0 atom stereocenters. The van der Waals surface area contributed by atoms with Crippen molar-refractivity contribution in [1.82, 2.24) is 14.8 Å². The maximum atomic E-state index is 12.1. The monoisotopic (exact) mass is 309 g/mol. The highest BCUT2D eigenvalue weighted by Gasteiger charge is 2.24. The van der Waals surface area contributed by atoms with Gasteiger partial charge in [0.05, 0.1) is 18.7 Å². The van der Waals surface area contributed by atoms with E-state index < -0.39 is 5.97 Å². The van der Waals surface area contributed by atoms with E-state index in [1.165, 1.54) is 0 Å². The fourth-order valence-electron chi connectivity index (χ4n) is 2.91. The number of hydrogen-bond acceptors (Lipinski definition) is 5. The Morgan fingerprint density at radius 3 is 2.71 bits per heavy atom. The van der Waals surface area contributed by atoms with E-state index in [4.69, 9.17) is 5.11 Å². The van der Waals surface area contributed by atoms with E-state index in [1.54, 1.807) is 11.3 Å². The number of amides is 1. The second-order valence-electron chi connectivity index (χ2n) is 5.60. The molecule has 0 aliphatic carbocycles. The predicted octanol–water partition coefficient (Wildman–Crippen LogP) is 0.751. The van der Waals surface area contributed by atoms with Gasteiger partial charge >= 0.3 is 5.97 Å². The van der Waals surface area contributed by atoms with Crippen LogP contribution >= 0.6 is 11.3 Å². The summed E-state index contributed by atoms with van der Waals surface area (Å²) in [4.78, 5) is 32.4. The van der Waals surface area contributed by atoms with Crippen LogP contribution in [0.25, 0.3) is 0 Å². The number of aromatic nitrogens is 1. The quantitative estimate of drug-likeness (QED) is 0.888. The van der Waals surface area contributed by atoms with Crippen LogP contribution in [0.4, 0.5) is 0 Å². The van der Waals surface area contributed by atoms with E-state index in [9.17, 15) is 9.59 Å². The van der Waals surface area contributed by atoms with Crippen molar-refractivity contribution >= 4 is 23.2 Å². The molecule has 114 valence electrons. The molecule has 3 heterocycles. The highest BCUT2D eigenvalue weighted by atomic mass is 32.1. The third-order valence-electron chi connectivity index (χ3n) is 3.97. The van der Waals surface area contributed by atoms with Crippen LogP contribution in [0.15, 0.2) is 0 Å². The average molecular weight is 309 g/mol. The van der Waals surface area contributed by atoms with Gasteiger partial charge in [-0.15, -0.1) is 11.3 Å². The van der Waals surface area contributed by atoms with Crippen molar-refractivity contribution in [3.8, 4) is 0 Å². The lowest BCUT2D eigenvalue weighted by Crippen LogP contribution is -2.34. The molecule has 1 aromatic rings. The third kappa shape index (κ3) is 3.41. The SMILES string of the molecule is O=C(O)CN1CCc2nc(CC(=O)N3CCCC3)sc2C1. The molecule has 3 rings (SSSR count). The minimum atomic E-state index is -0.799. The van der Waals surface area contributed by atoms with Gasteiger partial charge in [0.1, 0.15) is 5.01 Å². The summed E-state index contributed by atoms with van der Waals surface area (Å²) in [5.41, 5.74) is 1.05. The second-order valence-corrected chi connectivity index (χ2v) is 6.76. The normalized spacial score (nSPS) is 18.8. The molecule has 1 N–H and O–H groups in total. The molecular weight excluding hydrogens is 290 g/mol. The molecule has 0 aromatic carbocycles. The Hall–Kier alpha value is -1.47. The van der Waals surface area contributed by atoms with Gasteiger partial charge in [0, 0.05) is 37.5 Å². The average Bonchev–Trinajstić information content (AvgIpc) is 3.05. The van der Waals surface area contributed by atoms with Gasteiger partial charge in [-0.1, -0.05) is 0 Å². The van der Waals surface area contributed by atoms with Gasteiger partial charge < -0.3 is 10.0 Å². The molecule has 21 heavy (non-hydrogen) atoms. The number of nitrogens with zero attached hydrogens (tertiary/aromatic N) is 3. The molecule has 0 spiro atoms. The van der Waals surface area contributed by atoms with Gasteiger partial charge in [0.15, 0.2) is 0 Å². The molecule has 1 amide bonds. The fourth-order valence-corrected chi connectivity index (χ4v) is 4.06. The van der Waals surface area contributed by atoms with Crippen molar-refractivity contribution in [2.45, 2.75) is 32.2 Å². The molecule has 0 saturated carbocycles. The van der Waals surface area contributed by atoms with E-state index in [1.807, 2.05) is 9.80 Å². The first kappa shape index (κ1) is 14.5. The molecule has 6 nitrogen and oxygen atoms in total. The summed E-state index contributed by atoms with van der Waals surface area (Å²) < 4.78 is 0. The minimum Gasteiger partial charge on any atom is -0.480 e. The van der Waals surface area contributed by atoms with E-state index in [0.29, 0.717) is 13.0 Å². The Morgan fingerprint density at radius 2 is 2.00 bits per heavy atom. The van der Waals surface area contributed by atoms with Crippen molar-refractivity contribution in [3.05, 3.63) is 15.6 Å². The van der Waals surface area contributed by atoms with Crippen LogP contribution in [-0.2, 0) is 29.0 Å². The number of thiazole rings is 1. The Kier molecular flexibility index (Phi) is 4.21. The van der Waals surface area contributed by atoms with Crippen molar-refractivity contribution in [2.24, 2.45) is 0 Å². The Balaban J connectivity index is 1.63. The number of fused-ring (bicyclic) bond motifs is 1. The fraction of sp³-hybridized carbons (Fsp3) is 0.643. The van der Waals surface area contributed by atoms with E-state index in [-0.39, 0.29) is 12.5 Å². The standard InChI is InChI=1S/C14H19N3O3S/c18-13(17-4-1-2-5-17)7-12-15-10-3-6-16(9-14(19)20)8-11(10)21-12/h1-9H2,(H,19,20). The summed E-state index contributed by atoms with van der Waals surface area (Å²) in [5.74, 6) is -0.631. The van der Waals surface area contributed by atoms with Crippen LogP contribution in [0.3, 0.4) is 0 Å². The number of carboxylic acids is 1.